The largest absolute Gasteiger partial charge is 0.385 e. The summed E-state index contributed by atoms with van der Waals surface area (Å²) >= 11 is 0. The summed E-state index contributed by atoms with van der Waals surface area (Å²) in [5.41, 5.74) is -0.0833. The van der Waals surface area contributed by atoms with Gasteiger partial charge in [0, 0.05) is 92.5 Å². The van der Waals surface area contributed by atoms with Gasteiger partial charge in [0.05, 0.1) is 26.4 Å². The third-order valence-electron chi connectivity index (χ3n) is 15.1. The molecular weight excluding hydrogens is 1480 g/mol. The maximum Gasteiger partial charge on any atom is 0.230 e. The van der Waals surface area contributed by atoms with Crippen LogP contribution in [0.25, 0.3) is 9.69 Å². The Labute approximate surface area is 787 Å². The van der Waals surface area contributed by atoms with Crippen LogP contribution in [0.15, 0.2) is 0 Å². The molecule has 0 spiro atoms. The fourth-order valence-electron chi connectivity index (χ4n) is 6.58. The van der Waals surface area contributed by atoms with Gasteiger partial charge >= 0.3 is 0 Å². The molecule has 0 aromatic heterocycles. The van der Waals surface area contributed by atoms with Crippen LogP contribution >= 0.6 is 0 Å². The number of nitrogens with zero attached hydrogens (tertiary/aromatic N) is 2. The monoisotopic (exact) mass is 1750 g/mol. The average Bonchev–Trinajstić information content (AvgIpc) is 1.71. The van der Waals surface area contributed by atoms with Gasteiger partial charge in [-0.15, -0.1) is 0 Å². The maximum absolute atomic E-state index is 6.54. The van der Waals surface area contributed by atoms with Crippen molar-refractivity contribution < 1.29 is 23.7 Å². The molecule has 0 N–H and O–H groups in total. The molecule has 6 saturated carbocycles. The van der Waals surface area contributed by atoms with Crippen LogP contribution in [0.1, 0.15) is 603 Å². The van der Waals surface area contributed by atoms with Gasteiger partial charge in [-0.2, -0.15) is 0 Å². The van der Waals surface area contributed by atoms with E-state index in [1.165, 1.54) is 161 Å². The van der Waals surface area contributed by atoms with E-state index in [1.54, 1.807) is 7.11 Å². The molecule has 10 aliphatic rings. The molecule has 0 radical (unpaired) electrons. The van der Waals surface area contributed by atoms with Crippen LogP contribution < -0.4 is 0 Å². The van der Waals surface area contributed by atoms with Crippen molar-refractivity contribution in [2.45, 2.75) is 614 Å². The normalized spacial score (nSPS) is 15.1. The number of rotatable bonds is 6. The summed E-state index contributed by atoms with van der Waals surface area (Å²) in [6, 6.07) is 0. The second-order valence-electron chi connectivity index (χ2n) is 29.0. The smallest absolute Gasteiger partial charge is 0.230 e. The third kappa shape index (κ3) is 306. The van der Waals surface area contributed by atoms with E-state index < -0.39 is 0 Å². The first-order valence-corrected chi connectivity index (χ1v) is 54.3. The molecule has 10 fully saturated rings. The molecule has 6 aliphatic carbocycles. The summed E-state index contributed by atoms with van der Waals surface area (Å²) in [6.45, 7) is 146. The van der Waals surface area contributed by atoms with E-state index in [0.717, 1.165) is 144 Å². The second kappa shape index (κ2) is 214. The Bertz CT molecular complexity index is 1200. The minimum Gasteiger partial charge on any atom is -0.385 e. The zero-order valence-corrected chi connectivity index (χ0v) is 98.4. The van der Waals surface area contributed by atoms with Crippen LogP contribution in [0.4, 0.5) is 0 Å². The minimum absolute atomic E-state index is 0. The lowest BCUT2D eigenvalue weighted by molar-refractivity contribution is -0.0331. The molecule has 0 aromatic carbocycles. The zero-order valence-electron chi connectivity index (χ0n) is 98.4. The molecule has 1 atom stereocenters. The van der Waals surface area contributed by atoms with Crippen LogP contribution in [0.5, 0.6) is 0 Å². The van der Waals surface area contributed by atoms with Gasteiger partial charge in [0.15, 0.2) is 0 Å². The minimum atomic E-state index is -0.167. The van der Waals surface area contributed by atoms with E-state index in [1.807, 2.05) is 277 Å². The fourth-order valence-corrected chi connectivity index (χ4v) is 6.58. The highest BCUT2D eigenvalue weighted by molar-refractivity contribution is 5.07. The molecule has 4 aliphatic heterocycles. The lowest BCUT2D eigenvalue weighted by Crippen LogP contribution is -2.26. The number of hydrogen-bond acceptors (Lipinski definition) is 5. The van der Waals surface area contributed by atoms with Crippen molar-refractivity contribution in [2.75, 3.05) is 66.6 Å². The van der Waals surface area contributed by atoms with Gasteiger partial charge in [-0.1, -0.05) is 530 Å². The van der Waals surface area contributed by atoms with Crippen molar-refractivity contribution in [3.8, 4) is 0 Å². The second-order valence-corrected chi connectivity index (χ2v) is 29.0. The Morgan fingerprint density at radius 3 is 0.603 bits per heavy atom. The Hall–Kier alpha value is -1.22. The topological polar surface area (TPSA) is 54.9 Å². The molecule has 4 saturated heterocycles. The summed E-state index contributed by atoms with van der Waals surface area (Å²) in [5.74, 6) is 10.6. The van der Waals surface area contributed by atoms with E-state index in [4.69, 9.17) is 36.8 Å². The van der Waals surface area contributed by atoms with Gasteiger partial charge in [-0.3, -0.25) is 0 Å². The van der Waals surface area contributed by atoms with Crippen LogP contribution in [0, 0.1) is 78.2 Å². The van der Waals surface area contributed by atoms with E-state index in [2.05, 4.69) is 148 Å². The first kappa shape index (κ1) is 188. The highest BCUT2D eigenvalue weighted by Crippen LogP contribution is 2.38. The standard InChI is InChI=1S/C7H14.C6H12O.C6H12.C5H7N.C5H9N.2C5H10O.2C5H10.C5H12.C4H8O.C4H10O.C4H8.2C4H10.C3H8.18C2H6.CH4/c1-7-5-3-2-4-6-7;1-6-2-4-7-5-3-6;1-6-4-2-3-5-6;1-5(6-2)3-4-5;1-5(2,3)6-4;1-5-2-3-6-4-5;1-2-5-3-6-4-5;1-5-3-2-4-5;1-2-5-3-4-5;1-4-5(2)3;1-4-2-5-3-4;1-3-4-5-2;1-4-2-3-4;1-4(2)3;1-3-4-2;1-3-2;18*1-2;/h7H,2-6H2,1H3;6H,2-5H2,1H3;6H,2-5H2,1H3;3-4H2,1H3;1-3H3;2*5H,2-4H2,1H3;2*5H,2-4H2,1H3;5H,4H2,1-3H3;4H,2-3H2,1H3;3-4H2,1-2H3;4H,2-3H2,1H3;4H,1-3H3;3-4H2,1-2H3;3H2,1-2H3;18*1-2H3;1H4. The molecule has 7 nitrogen and oxygen atoms in total. The first-order chi connectivity index (χ1) is 57.7. The molecule has 0 aromatic rings. The molecular formula is C114H272N2O5. The summed E-state index contributed by atoms with van der Waals surface area (Å²) in [6.07, 6.45) is 38.9. The van der Waals surface area contributed by atoms with Crippen molar-refractivity contribution in [3.05, 3.63) is 22.8 Å². The average molecular weight is 1750 g/mol. The van der Waals surface area contributed by atoms with Crippen molar-refractivity contribution in [2.24, 2.45) is 65.1 Å². The van der Waals surface area contributed by atoms with E-state index in [0.29, 0.717) is 0 Å². The zero-order chi connectivity index (χ0) is 101. The molecule has 10 rings (SSSR count). The van der Waals surface area contributed by atoms with Crippen LogP contribution in [-0.2, 0) is 23.7 Å². The summed E-state index contributed by atoms with van der Waals surface area (Å²) in [4.78, 5) is 6.65. The quantitative estimate of drug-likeness (QED) is 0.248. The van der Waals surface area contributed by atoms with Crippen LogP contribution in [0.2, 0.25) is 0 Å². The van der Waals surface area contributed by atoms with Gasteiger partial charge in [0.2, 0.25) is 11.1 Å². The predicted molar refractivity (Wildman–Crippen MR) is 589 cm³/mol. The van der Waals surface area contributed by atoms with Gasteiger partial charge in [-0.25, -0.2) is 13.1 Å². The lowest BCUT2D eigenvalue weighted by atomic mass is 9.88. The van der Waals surface area contributed by atoms with E-state index in [-0.39, 0.29) is 18.5 Å². The maximum atomic E-state index is 6.54. The molecule has 768 valence electrons. The molecule has 4 heterocycles. The SMILES string of the molecule is C.CC.CC.CC.CC.CC.CC.CC.CC.CC.CC.CC.CC.CC.CC.CC.CC.CC.CC.CC(C)C.CC1CC1.CC1CCC1.CC1CCCC1.CC1CCCCC1.CC1CCOC1.CC1CCOCC1.CC1COC1.CCC.CCC(C)C.CCC1CC1.CCC1COC1.CCCC.CCCOC.[C-]#[N+]C(C)(C)C.[C-]#[N+]C1(C)CC1. The Balaban J connectivity index is -0.0000000345. The van der Waals surface area contributed by atoms with Gasteiger partial charge in [0.1, 0.15) is 0 Å². The molecule has 1 unspecified atom stereocenters. The molecule has 0 amide bonds. The van der Waals surface area contributed by atoms with Crippen molar-refractivity contribution in [1.82, 2.24) is 0 Å². The van der Waals surface area contributed by atoms with Gasteiger partial charge < -0.3 is 33.4 Å². The molecule has 7 heteroatoms. The van der Waals surface area contributed by atoms with E-state index >= 15 is 0 Å². The van der Waals surface area contributed by atoms with Crippen molar-refractivity contribution >= 4 is 0 Å². The van der Waals surface area contributed by atoms with Crippen LogP contribution in [-0.4, -0.2) is 77.6 Å². The third-order valence-corrected chi connectivity index (χ3v) is 15.1. The van der Waals surface area contributed by atoms with Crippen LogP contribution in [0.3, 0.4) is 0 Å². The van der Waals surface area contributed by atoms with Crippen molar-refractivity contribution in [3.63, 3.8) is 0 Å². The van der Waals surface area contributed by atoms with Crippen molar-refractivity contribution in [1.29, 1.82) is 0 Å². The molecule has 0 bridgehead atoms. The summed E-state index contributed by atoms with van der Waals surface area (Å²) in [5, 5.41) is 0. The predicted octanol–water partition coefficient (Wildman–Crippen LogP) is 44.2. The summed E-state index contributed by atoms with van der Waals surface area (Å²) in [7, 11) is 1.71. The Morgan fingerprint density at radius 1 is 0.331 bits per heavy atom. The Morgan fingerprint density at radius 2 is 0.562 bits per heavy atom. The van der Waals surface area contributed by atoms with Gasteiger partial charge in [0.25, 0.3) is 0 Å². The van der Waals surface area contributed by atoms with Gasteiger partial charge in [-0.05, 0) is 85.4 Å². The molecule has 121 heavy (non-hydrogen) atoms. The summed E-state index contributed by atoms with van der Waals surface area (Å²) < 4.78 is 24.6. The number of methoxy groups -OCH3 is 1. The highest BCUT2D eigenvalue weighted by atomic mass is 16.5. The number of unbranched alkanes of at least 4 members (excludes halogenated alkanes) is 1. The fraction of sp³-hybridized carbons (Fsp3) is 0.982. The number of ether oxygens (including phenoxy) is 5. The number of hydrogen-bond donors (Lipinski definition) is 0. The Kier molecular flexibility index (Phi) is 332. The lowest BCUT2D eigenvalue weighted by Gasteiger charge is -2.23. The first-order valence-electron chi connectivity index (χ1n) is 54.3. The van der Waals surface area contributed by atoms with E-state index in [9.17, 15) is 0 Å². The highest BCUT2D eigenvalue weighted by Gasteiger charge is 2.44.